The van der Waals surface area contributed by atoms with E-state index >= 15 is 0 Å². The predicted molar refractivity (Wildman–Crippen MR) is 84.8 cm³/mol. The molecule has 1 amide bonds. The highest BCUT2D eigenvalue weighted by atomic mass is 32.2. The Morgan fingerprint density at radius 2 is 1.87 bits per heavy atom. The zero-order valence-corrected chi connectivity index (χ0v) is 13.8. The minimum Gasteiger partial charge on any atom is -0.481 e. The summed E-state index contributed by atoms with van der Waals surface area (Å²) >= 11 is 0. The molecule has 0 heterocycles. The van der Waals surface area contributed by atoms with Crippen molar-refractivity contribution in [1.29, 1.82) is 0 Å². The fourth-order valence-electron chi connectivity index (χ4n) is 2.78. The molecule has 23 heavy (non-hydrogen) atoms. The number of benzene rings is 1. The topological polar surface area (TPSA) is 101 Å². The van der Waals surface area contributed by atoms with E-state index in [-0.39, 0.29) is 34.9 Å². The monoisotopic (exact) mass is 339 g/mol. The van der Waals surface area contributed by atoms with Crippen LogP contribution in [-0.2, 0) is 25.8 Å². The van der Waals surface area contributed by atoms with Gasteiger partial charge in [0.1, 0.15) is 0 Å². The van der Waals surface area contributed by atoms with Crippen LogP contribution in [0.1, 0.15) is 31.7 Å². The lowest BCUT2D eigenvalue weighted by Crippen LogP contribution is -2.34. The minimum atomic E-state index is -3.23. The van der Waals surface area contributed by atoms with Crippen LogP contribution in [-0.4, -0.2) is 37.2 Å². The average molecular weight is 339 g/mol. The highest BCUT2D eigenvalue weighted by molar-refractivity contribution is 7.91. The molecule has 1 fully saturated rings. The molecule has 1 aromatic rings. The maximum atomic E-state index is 12.0. The van der Waals surface area contributed by atoms with Gasteiger partial charge in [0.25, 0.3) is 0 Å². The minimum absolute atomic E-state index is 0.0409. The number of carboxylic acids is 1. The third-order valence-electron chi connectivity index (χ3n) is 4.17. The first kappa shape index (κ1) is 17.5. The second-order valence-electron chi connectivity index (χ2n) is 5.84. The van der Waals surface area contributed by atoms with Gasteiger partial charge in [0.05, 0.1) is 23.0 Å². The van der Waals surface area contributed by atoms with E-state index in [9.17, 15) is 18.0 Å². The number of carboxylic acid groups (broad SMARTS) is 1. The Bertz CT molecular complexity index is 681. The molecule has 0 spiro atoms. The molecule has 0 aliphatic heterocycles. The molecule has 1 aromatic carbocycles. The summed E-state index contributed by atoms with van der Waals surface area (Å²) in [6.45, 7) is 1.59. The average Bonchev–Trinajstić information content (AvgIpc) is 2.96. The molecule has 0 saturated heterocycles. The largest absolute Gasteiger partial charge is 0.481 e. The molecule has 1 aliphatic rings. The predicted octanol–water partition coefficient (Wildman–Crippen LogP) is 1.39. The fraction of sp³-hybridized carbons (Fsp3) is 0.500. The first-order chi connectivity index (χ1) is 10.8. The van der Waals surface area contributed by atoms with Gasteiger partial charge in [-0.3, -0.25) is 9.59 Å². The number of carbonyl (C=O) groups is 2. The Kier molecular flexibility index (Phi) is 5.41. The van der Waals surface area contributed by atoms with E-state index in [0.29, 0.717) is 19.3 Å². The van der Waals surface area contributed by atoms with E-state index in [1.807, 2.05) is 0 Å². The van der Waals surface area contributed by atoms with E-state index in [1.54, 1.807) is 19.1 Å². The molecule has 0 unspecified atom stereocenters. The van der Waals surface area contributed by atoms with Gasteiger partial charge in [0.15, 0.2) is 9.84 Å². The Morgan fingerprint density at radius 1 is 1.22 bits per heavy atom. The summed E-state index contributed by atoms with van der Waals surface area (Å²) in [7, 11) is -3.23. The van der Waals surface area contributed by atoms with Gasteiger partial charge in [0, 0.05) is 6.04 Å². The van der Waals surface area contributed by atoms with Crippen LogP contribution in [0.15, 0.2) is 29.2 Å². The summed E-state index contributed by atoms with van der Waals surface area (Å²) in [5.41, 5.74) is 0.727. The van der Waals surface area contributed by atoms with Crippen molar-refractivity contribution in [3.8, 4) is 0 Å². The summed E-state index contributed by atoms with van der Waals surface area (Å²) in [6, 6.07) is 6.20. The molecule has 6 nitrogen and oxygen atoms in total. The molecule has 2 N–H and O–H groups in total. The van der Waals surface area contributed by atoms with Crippen molar-refractivity contribution >= 4 is 21.7 Å². The second-order valence-corrected chi connectivity index (χ2v) is 8.12. The Morgan fingerprint density at radius 3 is 2.39 bits per heavy atom. The van der Waals surface area contributed by atoms with Crippen LogP contribution >= 0.6 is 0 Å². The van der Waals surface area contributed by atoms with Crippen LogP contribution in [0.2, 0.25) is 0 Å². The lowest BCUT2D eigenvalue weighted by Gasteiger charge is -2.12. The van der Waals surface area contributed by atoms with Crippen molar-refractivity contribution in [2.45, 2.75) is 43.5 Å². The van der Waals surface area contributed by atoms with E-state index in [2.05, 4.69) is 5.32 Å². The quantitative estimate of drug-likeness (QED) is 0.816. The molecule has 126 valence electrons. The van der Waals surface area contributed by atoms with Gasteiger partial charge in [-0.15, -0.1) is 0 Å². The van der Waals surface area contributed by atoms with E-state index < -0.39 is 15.8 Å². The molecule has 2 atom stereocenters. The normalized spacial score (nSPS) is 21.1. The van der Waals surface area contributed by atoms with Crippen molar-refractivity contribution in [3.05, 3.63) is 29.8 Å². The summed E-state index contributed by atoms with van der Waals surface area (Å²) in [5, 5.41) is 11.8. The van der Waals surface area contributed by atoms with Gasteiger partial charge in [-0.2, -0.15) is 0 Å². The molecule has 1 aliphatic carbocycles. The first-order valence-electron chi connectivity index (χ1n) is 7.65. The molecule has 0 bridgehead atoms. The maximum Gasteiger partial charge on any atom is 0.306 e. The SMILES string of the molecule is CCS(=O)(=O)c1ccc(CC(=O)N[C@@H]2CC[C@H](C(=O)O)C2)cc1. The molecule has 0 radical (unpaired) electrons. The number of sulfone groups is 1. The standard InChI is InChI=1S/C16H21NO5S/c1-2-23(21,22)14-7-3-11(4-8-14)9-15(18)17-13-6-5-12(10-13)16(19)20/h3-4,7-8,12-13H,2,5-6,9-10H2,1H3,(H,17,18)(H,19,20)/t12-,13+/m0/s1. The molecule has 7 heteroatoms. The van der Waals surface area contributed by atoms with Gasteiger partial charge >= 0.3 is 5.97 Å². The Hall–Kier alpha value is -1.89. The molecule has 0 aromatic heterocycles. The molecular formula is C16H21NO5S. The fourth-order valence-corrected chi connectivity index (χ4v) is 3.67. The number of aliphatic carboxylic acids is 1. The zero-order valence-electron chi connectivity index (χ0n) is 13.0. The van der Waals surface area contributed by atoms with Crippen LogP contribution < -0.4 is 5.32 Å². The number of hydrogen-bond acceptors (Lipinski definition) is 4. The maximum absolute atomic E-state index is 12.0. The van der Waals surface area contributed by atoms with Crippen LogP contribution in [0, 0.1) is 5.92 Å². The van der Waals surface area contributed by atoms with E-state index in [0.717, 1.165) is 5.56 Å². The van der Waals surface area contributed by atoms with Crippen LogP contribution in [0.5, 0.6) is 0 Å². The molecular weight excluding hydrogens is 318 g/mol. The third-order valence-corrected chi connectivity index (χ3v) is 5.92. The Labute approximate surface area is 135 Å². The summed E-state index contributed by atoms with van der Waals surface area (Å²) < 4.78 is 23.4. The second kappa shape index (κ2) is 7.12. The third kappa shape index (κ3) is 4.54. The van der Waals surface area contributed by atoms with Crippen LogP contribution in [0.3, 0.4) is 0 Å². The van der Waals surface area contributed by atoms with Crippen molar-refractivity contribution in [2.75, 3.05) is 5.75 Å². The highest BCUT2D eigenvalue weighted by Gasteiger charge is 2.30. The number of carbonyl (C=O) groups excluding carboxylic acids is 1. The van der Waals surface area contributed by atoms with Gasteiger partial charge in [-0.1, -0.05) is 19.1 Å². The number of hydrogen-bond donors (Lipinski definition) is 2. The van der Waals surface area contributed by atoms with E-state index in [4.69, 9.17) is 5.11 Å². The zero-order chi connectivity index (χ0) is 17.0. The first-order valence-corrected chi connectivity index (χ1v) is 9.31. The van der Waals surface area contributed by atoms with Gasteiger partial charge in [-0.25, -0.2) is 8.42 Å². The number of rotatable bonds is 6. The number of nitrogens with one attached hydrogen (secondary N) is 1. The summed E-state index contributed by atoms with van der Waals surface area (Å²) in [5.74, 6) is -1.32. The smallest absolute Gasteiger partial charge is 0.306 e. The highest BCUT2D eigenvalue weighted by Crippen LogP contribution is 2.25. The summed E-state index contributed by atoms with van der Waals surface area (Å²) in [6.07, 6.45) is 1.88. The molecule has 1 saturated carbocycles. The lowest BCUT2D eigenvalue weighted by molar-refractivity contribution is -0.141. The Balaban J connectivity index is 1.90. The van der Waals surface area contributed by atoms with Gasteiger partial charge < -0.3 is 10.4 Å². The molecule has 2 rings (SSSR count). The van der Waals surface area contributed by atoms with Crippen LogP contribution in [0.25, 0.3) is 0 Å². The van der Waals surface area contributed by atoms with Crippen molar-refractivity contribution < 1.29 is 23.1 Å². The van der Waals surface area contributed by atoms with Gasteiger partial charge in [-0.05, 0) is 37.0 Å². The lowest BCUT2D eigenvalue weighted by atomic mass is 10.1. The number of amides is 1. The van der Waals surface area contributed by atoms with E-state index in [1.165, 1.54) is 12.1 Å². The van der Waals surface area contributed by atoms with Crippen molar-refractivity contribution in [1.82, 2.24) is 5.32 Å². The van der Waals surface area contributed by atoms with Crippen LogP contribution in [0.4, 0.5) is 0 Å². The summed E-state index contributed by atoms with van der Waals surface area (Å²) in [4.78, 5) is 23.2. The van der Waals surface area contributed by atoms with Crippen molar-refractivity contribution in [3.63, 3.8) is 0 Å². The van der Waals surface area contributed by atoms with Crippen molar-refractivity contribution in [2.24, 2.45) is 5.92 Å². The van der Waals surface area contributed by atoms with Gasteiger partial charge in [0.2, 0.25) is 5.91 Å².